The van der Waals surface area contributed by atoms with Gasteiger partial charge in [-0.15, -0.1) is 0 Å². The van der Waals surface area contributed by atoms with E-state index in [1.165, 1.54) is 18.3 Å². The number of nitrogens with zero attached hydrogens (tertiary/aromatic N) is 1. The van der Waals surface area contributed by atoms with E-state index in [1.807, 2.05) is 12.1 Å². The van der Waals surface area contributed by atoms with Crippen molar-refractivity contribution in [2.75, 3.05) is 19.0 Å². The van der Waals surface area contributed by atoms with Gasteiger partial charge in [0.25, 0.3) is 11.8 Å². The minimum atomic E-state index is -5.14. The maximum Gasteiger partial charge on any atom is 0.416 e. The monoisotopic (exact) mass is 661 g/mol. The summed E-state index contributed by atoms with van der Waals surface area (Å²) in [7, 11) is 1.56. The smallest absolute Gasteiger partial charge is 0.416 e. The molecule has 0 radical (unpaired) electrons. The van der Waals surface area contributed by atoms with Gasteiger partial charge in [0.2, 0.25) is 5.91 Å². The Balaban J connectivity index is 1.46. The third-order valence-electron chi connectivity index (χ3n) is 6.80. The van der Waals surface area contributed by atoms with Gasteiger partial charge in [-0.05, 0) is 65.6 Å². The largest absolute Gasteiger partial charge is 0.544 e. The van der Waals surface area contributed by atoms with Crippen LogP contribution in [-0.4, -0.2) is 36.5 Å². The fourth-order valence-electron chi connectivity index (χ4n) is 4.46. The van der Waals surface area contributed by atoms with Gasteiger partial charge in [-0.1, -0.05) is 30.3 Å². The highest BCUT2D eigenvalue weighted by Crippen LogP contribution is 2.36. The molecule has 0 fully saturated rings. The first kappa shape index (κ1) is 34.6. The van der Waals surface area contributed by atoms with Crippen molar-refractivity contribution in [2.24, 2.45) is 0 Å². The van der Waals surface area contributed by atoms with Crippen LogP contribution in [0, 0.1) is 5.82 Å². The van der Waals surface area contributed by atoms with E-state index in [0.29, 0.717) is 41.4 Å². The number of nitrogens with one attached hydrogen (secondary N) is 1. The molecule has 8 nitrogen and oxygen atoms in total. The summed E-state index contributed by atoms with van der Waals surface area (Å²) in [6, 6.07) is 14.8. The normalized spacial score (nSPS) is 11.6. The second-order valence-electron chi connectivity index (χ2n) is 10.2. The summed E-state index contributed by atoms with van der Waals surface area (Å²) >= 11 is 0. The number of anilines is 1. The first-order chi connectivity index (χ1) is 22.2. The van der Waals surface area contributed by atoms with Crippen LogP contribution in [0.15, 0.2) is 72.9 Å². The zero-order valence-electron chi connectivity index (χ0n) is 24.9. The van der Waals surface area contributed by atoms with E-state index in [4.69, 9.17) is 14.2 Å². The average molecular weight is 662 g/mol. The molecule has 1 aromatic heterocycles. The van der Waals surface area contributed by atoms with Gasteiger partial charge < -0.3 is 29.4 Å². The highest BCUT2D eigenvalue weighted by Gasteiger charge is 2.38. The molecule has 0 atom stereocenters. The molecule has 0 aliphatic rings. The maximum absolute atomic E-state index is 15.1. The van der Waals surface area contributed by atoms with Crippen molar-refractivity contribution >= 4 is 17.6 Å². The Labute approximate surface area is 264 Å². The summed E-state index contributed by atoms with van der Waals surface area (Å²) < 4.78 is 99.5. The van der Waals surface area contributed by atoms with Crippen LogP contribution in [0.2, 0.25) is 0 Å². The number of carboxylic acid groups (broad SMARTS) is 1. The Bertz CT molecular complexity index is 1750. The van der Waals surface area contributed by atoms with Gasteiger partial charge in [-0.3, -0.25) is 4.79 Å². The summed E-state index contributed by atoms with van der Waals surface area (Å²) in [6.45, 7) is 2.27. The summed E-state index contributed by atoms with van der Waals surface area (Å²) in [5, 5.41) is 12.8. The molecule has 4 rings (SSSR count). The lowest BCUT2D eigenvalue weighted by Gasteiger charge is -2.21. The van der Waals surface area contributed by atoms with E-state index in [-0.39, 0.29) is 18.1 Å². The van der Waals surface area contributed by atoms with Crippen molar-refractivity contribution in [3.8, 4) is 28.5 Å². The van der Waals surface area contributed by atoms with Gasteiger partial charge in [0.1, 0.15) is 24.1 Å². The molecule has 1 amide bonds. The van der Waals surface area contributed by atoms with E-state index in [2.05, 4.69) is 10.3 Å². The number of aliphatic carboxylic acids is 1. The number of aromatic nitrogens is 1. The molecule has 0 aliphatic carbocycles. The quantitative estimate of drug-likeness (QED) is 0.175. The van der Waals surface area contributed by atoms with Crippen molar-refractivity contribution in [2.45, 2.75) is 38.5 Å². The molecule has 0 spiro atoms. The van der Waals surface area contributed by atoms with Crippen LogP contribution in [0.4, 0.5) is 32.0 Å². The number of ether oxygens (including phenoxy) is 3. The fraction of sp³-hybridized carbons (Fsp3) is 0.242. The Morgan fingerprint density at radius 3 is 2.21 bits per heavy atom. The number of benzene rings is 3. The molecule has 248 valence electrons. The van der Waals surface area contributed by atoms with Crippen molar-refractivity contribution in [3.63, 3.8) is 0 Å². The molecule has 0 unspecified atom stereocenters. The molecular formula is C33H27F6N2O6-. The minimum absolute atomic E-state index is 0.0787. The highest BCUT2D eigenvalue weighted by atomic mass is 19.4. The Hall–Kier alpha value is -5.27. The number of rotatable bonds is 13. The molecule has 0 aliphatic heterocycles. The number of pyridine rings is 1. The number of hydrogen-bond donors (Lipinski definition) is 1. The van der Waals surface area contributed by atoms with Crippen molar-refractivity contribution < 1.29 is 55.2 Å². The average Bonchev–Trinajstić information content (AvgIpc) is 3.02. The van der Waals surface area contributed by atoms with Gasteiger partial charge in [0, 0.05) is 23.9 Å². The first-order valence-electron chi connectivity index (χ1n) is 14.0. The van der Waals surface area contributed by atoms with Crippen LogP contribution >= 0.6 is 0 Å². The lowest BCUT2D eigenvalue weighted by Crippen LogP contribution is -2.43. The number of halogens is 6. The number of alkyl halides is 5. The third kappa shape index (κ3) is 8.93. The molecule has 0 bridgehead atoms. The molecule has 0 saturated carbocycles. The van der Waals surface area contributed by atoms with E-state index in [9.17, 15) is 36.6 Å². The Morgan fingerprint density at radius 2 is 1.60 bits per heavy atom. The number of carbonyl (C=O) groups is 2. The molecule has 4 aromatic rings. The summed E-state index contributed by atoms with van der Waals surface area (Å²) in [4.78, 5) is 27.5. The number of carboxylic acids is 1. The molecule has 1 heterocycles. The second-order valence-corrected chi connectivity index (χ2v) is 10.2. The summed E-state index contributed by atoms with van der Waals surface area (Å²) in [6.07, 6.45) is -6.02. The van der Waals surface area contributed by atoms with Crippen molar-refractivity contribution in [1.29, 1.82) is 0 Å². The standard InChI is InChI=1S/C33H28F6N2O6/c1-3-46-28-13-23(17-40-30(28)47-18-19-4-10-25(45-2)11-5-19)20-6-7-21(27(34)12-20)14-29(42)41-24-9-8-22(16-32(35,36)31(43)44)26(15-24)33(37,38)39/h4-13,15,17H,3,14,16,18H2,1-2H3,(H,41,42)(H,43,44)/p-1. The first-order valence-corrected chi connectivity index (χ1v) is 14.0. The van der Waals surface area contributed by atoms with Crippen LogP contribution in [0.1, 0.15) is 29.2 Å². The van der Waals surface area contributed by atoms with Gasteiger partial charge in [-0.2, -0.15) is 22.0 Å². The predicted octanol–water partition coefficient (Wildman–Crippen LogP) is 6.00. The predicted molar refractivity (Wildman–Crippen MR) is 156 cm³/mol. The fourth-order valence-corrected chi connectivity index (χ4v) is 4.46. The number of amides is 1. The molecule has 1 N–H and O–H groups in total. The third-order valence-corrected chi connectivity index (χ3v) is 6.80. The lowest BCUT2D eigenvalue weighted by molar-refractivity contribution is -0.329. The Kier molecular flexibility index (Phi) is 10.6. The SMILES string of the molecule is CCOc1cc(-c2ccc(CC(=O)Nc3ccc(CC(F)(F)C(=O)[O-])c(C(F)(F)F)c3)c(F)c2)cnc1OCc1ccc(OC)cc1. The van der Waals surface area contributed by atoms with E-state index >= 15 is 4.39 Å². The number of carbonyl (C=O) groups excluding carboxylic acids is 2. The topological polar surface area (TPSA) is 110 Å². The van der Waals surface area contributed by atoms with Gasteiger partial charge in [0.05, 0.1) is 25.7 Å². The minimum Gasteiger partial charge on any atom is -0.544 e. The second kappa shape index (κ2) is 14.4. The van der Waals surface area contributed by atoms with E-state index in [0.717, 1.165) is 17.7 Å². The van der Waals surface area contributed by atoms with Crippen molar-refractivity contribution in [3.05, 3.63) is 101 Å². The maximum atomic E-state index is 15.1. The summed E-state index contributed by atoms with van der Waals surface area (Å²) in [5.41, 5.74) is -1.34. The van der Waals surface area contributed by atoms with E-state index < -0.39 is 59.4 Å². The summed E-state index contributed by atoms with van der Waals surface area (Å²) in [5.74, 6) is -7.83. The number of methoxy groups -OCH3 is 1. The number of hydrogen-bond acceptors (Lipinski definition) is 7. The zero-order valence-corrected chi connectivity index (χ0v) is 24.9. The molecule has 47 heavy (non-hydrogen) atoms. The van der Waals surface area contributed by atoms with Crippen LogP contribution in [-0.2, 0) is 35.2 Å². The van der Waals surface area contributed by atoms with E-state index in [1.54, 1.807) is 32.2 Å². The van der Waals surface area contributed by atoms with Crippen LogP contribution < -0.4 is 24.6 Å². The van der Waals surface area contributed by atoms with Gasteiger partial charge in [0.15, 0.2) is 5.75 Å². The lowest BCUT2D eigenvalue weighted by atomic mass is 9.99. The van der Waals surface area contributed by atoms with Crippen LogP contribution in [0.5, 0.6) is 17.4 Å². The van der Waals surface area contributed by atoms with Gasteiger partial charge in [-0.25, -0.2) is 9.37 Å². The molecule has 3 aromatic carbocycles. The van der Waals surface area contributed by atoms with Gasteiger partial charge >= 0.3 is 6.18 Å². The molecular weight excluding hydrogens is 634 g/mol. The molecule has 0 saturated heterocycles. The van der Waals surface area contributed by atoms with Crippen LogP contribution in [0.3, 0.4) is 0 Å². The Morgan fingerprint density at radius 1 is 0.894 bits per heavy atom. The zero-order chi connectivity index (χ0) is 34.4. The van der Waals surface area contributed by atoms with Crippen LogP contribution in [0.25, 0.3) is 11.1 Å². The molecule has 14 heteroatoms. The highest BCUT2D eigenvalue weighted by molar-refractivity contribution is 5.92. The van der Waals surface area contributed by atoms with Crippen molar-refractivity contribution in [1.82, 2.24) is 4.98 Å².